The van der Waals surface area contributed by atoms with Crippen LogP contribution in [-0.4, -0.2) is 46.8 Å². The molecule has 36 heavy (non-hydrogen) atoms. The maximum absolute atomic E-state index is 12.5. The Morgan fingerprint density at radius 3 is 2.69 bits per heavy atom. The Kier molecular flexibility index (Phi) is 6.10. The van der Waals surface area contributed by atoms with Crippen LogP contribution in [0.25, 0.3) is 0 Å². The molecule has 5 rings (SSSR count). The number of nitrogens with one attached hydrogen (secondary N) is 2. The Balaban J connectivity index is 1.46. The number of nitriles is 1. The van der Waals surface area contributed by atoms with Crippen molar-refractivity contribution in [2.45, 2.75) is 39.2 Å². The van der Waals surface area contributed by atoms with Crippen molar-refractivity contribution in [3.63, 3.8) is 0 Å². The number of hydrogen-bond donors (Lipinski definition) is 2. The summed E-state index contributed by atoms with van der Waals surface area (Å²) in [5.74, 6) is 1.79. The zero-order chi connectivity index (χ0) is 25.7. The van der Waals surface area contributed by atoms with Crippen LogP contribution in [-0.2, 0) is 17.5 Å². The fraction of sp³-hybridized carbons (Fsp3) is 0.407. The van der Waals surface area contributed by atoms with Gasteiger partial charge in [0.15, 0.2) is 5.82 Å². The minimum atomic E-state index is -2.52. The third-order valence-corrected chi connectivity index (χ3v) is 8.25. The van der Waals surface area contributed by atoms with E-state index in [0.717, 1.165) is 25.2 Å². The maximum atomic E-state index is 12.5. The smallest absolute Gasteiger partial charge is 0.229 e. The van der Waals surface area contributed by atoms with Crippen LogP contribution in [0.3, 0.4) is 0 Å². The first-order valence-electron chi connectivity index (χ1n) is 12.2. The molecule has 3 aromatic rings. The summed E-state index contributed by atoms with van der Waals surface area (Å²) in [6, 6.07) is 11.9. The number of benzene rings is 1. The lowest BCUT2D eigenvalue weighted by Gasteiger charge is -2.43. The summed E-state index contributed by atoms with van der Waals surface area (Å²) in [6.45, 7) is 10.1. The van der Waals surface area contributed by atoms with Gasteiger partial charge in [0, 0.05) is 18.8 Å². The van der Waals surface area contributed by atoms with Crippen LogP contribution in [0.1, 0.15) is 48.4 Å². The summed E-state index contributed by atoms with van der Waals surface area (Å²) in [6.07, 6.45) is 3.76. The molecule has 0 radical (unpaired) electrons. The van der Waals surface area contributed by atoms with Crippen molar-refractivity contribution < 1.29 is 4.57 Å². The van der Waals surface area contributed by atoms with Crippen molar-refractivity contribution in [3.05, 3.63) is 58.8 Å². The van der Waals surface area contributed by atoms with Gasteiger partial charge in [-0.05, 0) is 85.5 Å². The van der Waals surface area contributed by atoms with E-state index in [1.807, 2.05) is 0 Å². The summed E-state index contributed by atoms with van der Waals surface area (Å²) in [7, 11) is -0.334. The van der Waals surface area contributed by atoms with Crippen molar-refractivity contribution in [3.8, 4) is 6.07 Å². The Hall–Kier alpha value is -3.27. The minimum absolute atomic E-state index is 0.260. The van der Waals surface area contributed by atoms with E-state index >= 15 is 0 Å². The van der Waals surface area contributed by atoms with Crippen molar-refractivity contribution in [2.75, 3.05) is 37.6 Å². The van der Waals surface area contributed by atoms with E-state index in [-0.39, 0.29) is 5.41 Å². The van der Waals surface area contributed by atoms with Crippen LogP contribution >= 0.6 is 7.14 Å². The highest BCUT2D eigenvalue weighted by atomic mass is 31.2. The second-order valence-electron chi connectivity index (χ2n) is 11.2. The van der Waals surface area contributed by atoms with Gasteiger partial charge in [0.25, 0.3) is 0 Å². The second kappa shape index (κ2) is 8.99. The zero-order valence-corrected chi connectivity index (χ0v) is 22.4. The van der Waals surface area contributed by atoms with Crippen LogP contribution in [0.5, 0.6) is 0 Å². The Morgan fingerprint density at radius 2 is 1.94 bits per heavy atom. The molecule has 1 aromatic carbocycles. The van der Waals surface area contributed by atoms with Gasteiger partial charge in [-0.3, -0.25) is 0 Å². The maximum Gasteiger partial charge on any atom is 0.229 e. The van der Waals surface area contributed by atoms with Crippen LogP contribution in [0.4, 0.5) is 23.3 Å². The Bertz CT molecular complexity index is 1420. The van der Waals surface area contributed by atoms with Crippen LogP contribution in [0, 0.1) is 16.7 Å². The third kappa shape index (κ3) is 5.00. The molecule has 186 valence electrons. The molecule has 9 heteroatoms. The molecule has 0 bridgehead atoms. The monoisotopic (exact) mass is 501 g/mol. The van der Waals surface area contributed by atoms with Crippen molar-refractivity contribution >= 4 is 35.8 Å². The molecule has 8 nitrogen and oxygen atoms in total. The third-order valence-electron chi connectivity index (χ3n) is 6.90. The van der Waals surface area contributed by atoms with Gasteiger partial charge in [-0.15, -0.1) is 0 Å². The quantitative estimate of drug-likeness (QED) is 0.472. The molecule has 0 amide bonds. The number of hydrogen-bond acceptors (Lipinski definition) is 8. The number of nitrogens with zero attached hydrogens (tertiary/aromatic N) is 5. The Labute approximate surface area is 212 Å². The highest BCUT2D eigenvalue weighted by Crippen LogP contribution is 2.46. The normalized spacial score (nSPS) is 18.7. The summed E-state index contributed by atoms with van der Waals surface area (Å²) in [5, 5.41) is 16.1. The van der Waals surface area contributed by atoms with Gasteiger partial charge in [0.2, 0.25) is 5.95 Å². The van der Waals surface area contributed by atoms with Crippen molar-refractivity contribution in [1.29, 1.82) is 5.26 Å². The fourth-order valence-corrected chi connectivity index (χ4v) is 6.35. The standard InChI is InChI=1S/C27H32N7OP/c1-27(2)11-17-9-21(10-18-15-34(3)16-19(12-27)24(17)18)30-26-29-14-20(13-28)25(33-26)32-22-7-6-8-23(31-22)36(4,5)35/h6-10,14,19H,11-12,15-16H2,1-5H3,(H2,29,30,31,32,33). The lowest BCUT2D eigenvalue weighted by molar-refractivity contribution is 0.207. The van der Waals surface area contributed by atoms with Crippen LogP contribution in [0.2, 0.25) is 0 Å². The van der Waals surface area contributed by atoms with E-state index in [1.165, 1.54) is 29.3 Å². The second-order valence-corrected chi connectivity index (χ2v) is 14.4. The van der Waals surface area contributed by atoms with E-state index in [9.17, 15) is 9.83 Å². The topological polar surface area (TPSA) is 107 Å². The summed E-state index contributed by atoms with van der Waals surface area (Å²) in [4.78, 5) is 15.8. The minimum Gasteiger partial charge on any atom is -0.324 e. The molecule has 0 spiro atoms. The highest BCUT2D eigenvalue weighted by Gasteiger charge is 2.36. The van der Waals surface area contributed by atoms with Gasteiger partial charge >= 0.3 is 0 Å². The molecule has 0 saturated carbocycles. The van der Waals surface area contributed by atoms with E-state index < -0.39 is 7.14 Å². The number of likely N-dealkylation sites (N-methyl/N-ethyl adjacent to an activating group) is 1. The van der Waals surface area contributed by atoms with Gasteiger partial charge < -0.3 is 20.1 Å². The van der Waals surface area contributed by atoms with Crippen molar-refractivity contribution in [2.24, 2.45) is 5.41 Å². The molecule has 1 aliphatic heterocycles. The summed E-state index contributed by atoms with van der Waals surface area (Å²) >= 11 is 0. The molecule has 3 heterocycles. The molecule has 2 N–H and O–H groups in total. The molecule has 0 fully saturated rings. The van der Waals surface area contributed by atoms with Crippen LogP contribution in [0.15, 0.2) is 36.5 Å². The van der Waals surface area contributed by atoms with E-state index in [0.29, 0.717) is 34.5 Å². The van der Waals surface area contributed by atoms with Gasteiger partial charge in [-0.1, -0.05) is 19.9 Å². The van der Waals surface area contributed by atoms with E-state index in [4.69, 9.17) is 0 Å². The van der Waals surface area contributed by atoms with Crippen LogP contribution < -0.4 is 16.1 Å². The van der Waals surface area contributed by atoms with E-state index in [1.54, 1.807) is 31.5 Å². The highest BCUT2D eigenvalue weighted by molar-refractivity contribution is 7.69. The average Bonchev–Trinajstić information content (AvgIpc) is 2.77. The molecule has 1 aliphatic carbocycles. The summed E-state index contributed by atoms with van der Waals surface area (Å²) in [5.41, 5.74) is 6.32. The molecule has 2 aliphatic rings. The van der Waals surface area contributed by atoms with Gasteiger partial charge in [-0.25, -0.2) is 9.97 Å². The van der Waals surface area contributed by atoms with E-state index in [2.05, 4.69) is 69.6 Å². The molecule has 1 unspecified atom stereocenters. The van der Waals surface area contributed by atoms with Gasteiger partial charge in [-0.2, -0.15) is 10.2 Å². The Morgan fingerprint density at radius 1 is 1.17 bits per heavy atom. The van der Waals surface area contributed by atoms with Gasteiger partial charge in [0.05, 0.1) is 6.20 Å². The molecular formula is C27H32N7OP. The number of rotatable bonds is 5. The lowest BCUT2D eigenvalue weighted by atomic mass is 9.67. The molecule has 2 aromatic heterocycles. The van der Waals surface area contributed by atoms with Crippen molar-refractivity contribution in [1.82, 2.24) is 19.9 Å². The number of anilines is 4. The first-order chi connectivity index (χ1) is 17.0. The summed E-state index contributed by atoms with van der Waals surface area (Å²) < 4.78 is 12.5. The first-order valence-corrected chi connectivity index (χ1v) is 14.8. The predicted octanol–water partition coefficient (Wildman–Crippen LogP) is 4.98. The number of pyridine rings is 1. The largest absolute Gasteiger partial charge is 0.324 e. The number of aromatic nitrogens is 3. The predicted molar refractivity (Wildman–Crippen MR) is 144 cm³/mol. The SMILES string of the molecule is CN1Cc2cc(Nc3ncc(C#N)c(Nc4cccc(P(C)(C)=O)n4)n3)cc3c2C(C1)CC(C)(C)C3. The zero-order valence-electron chi connectivity index (χ0n) is 21.5. The van der Waals surface area contributed by atoms with Gasteiger partial charge in [0.1, 0.15) is 30.0 Å². The first kappa shape index (κ1) is 24.4. The lowest BCUT2D eigenvalue weighted by Crippen LogP contribution is -2.37. The molecule has 1 atom stereocenters. The fourth-order valence-electron chi connectivity index (χ4n) is 5.56. The molecule has 0 saturated heterocycles. The molecular weight excluding hydrogens is 469 g/mol. The average molecular weight is 502 g/mol.